The van der Waals surface area contributed by atoms with Crippen molar-refractivity contribution in [3.8, 4) is 11.5 Å². The Hall–Kier alpha value is -2.92. The van der Waals surface area contributed by atoms with Crippen LogP contribution < -0.4 is 9.47 Å². The Morgan fingerprint density at radius 2 is 2.00 bits per heavy atom. The number of aromatic nitrogens is 3. The van der Waals surface area contributed by atoms with Crippen LogP contribution in [0.1, 0.15) is 37.7 Å². The van der Waals surface area contributed by atoms with E-state index in [9.17, 15) is 10.1 Å². The van der Waals surface area contributed by atoms with Crippen molar-refractivity contribution in [2.45, 2.75) is 44.2 Å². The molecule has 0 saturated heterocycles. The van der Waals surface area contributed by atoms with Gasteiger partial charge in [-0.15, -0.1) is 10.2 Å². The minimum Gasteiger partial charge on any atom is -0.493 e. The van der Waals surface area contributed by atoms with Crippen LogP contribution in [0, 0.1) is 10.1 Å². The minimum atomic E-state index is -0.493. The number of methoxy groups -OCH3 is 1. The molecule has 0 aliphatic heterocycles. The molecular formula is C22H24BrN5O4S. The van der Waals surface area contributed by atoms with E-state index < -0.39 is 4.92 Å². The number of nitro benzene ring substituents is 1. The molecule has 33 heavy (non-hydrogen) atoms. The zero-order chi connectivity index (χ0) is 24.0. The molecule has 0 N–H and O–H groups in total. The molecule has 0 aliphatic carbocycles. The lowest BCUT2D eigenvalue weighted by atomic mass is 10.2. The molecule has 2 aromatic carbocycles. The second-order valence-electron chi connectivity index (χ2n) is 7.22. The normalized spacial score (nSPS) is 11.3. The number of nitrogens with zero attached hydrogens (tertiary/aromatic N) is 5. The Morgan fingerprint density at radius 1 is 1.27 bits per heavy atom. The van der Waals surface area contributed by atoms with Crippen LogP contribution in [0.3, 0.4) is 0 Å². The molecule has 0 atom stereocenters. The molecule has 0 bridgehead atoms. The van der Waals surface area contributed by atoms with E-state index in [1.807, 2.05) is 31.2 Å². The van der Waals surface area contributed by atoms with Crippen molar-refractivity contribution >= 4 is 39.6 Å². The summed E-state index contributed by atoms with van der Waals surface area (Å²) in [7, 11) is 1.44. The Balaban J connectivity index is 1.90. The van der Waals surface area contributed by atoms with E-state index in [-0.39, 0.29) is 23.3 Å². The van der Waals surface area contributed by atoms with Crippen LogP contribution in [-0.4, -0.2) is 39.2 Å². The summed E-state index contributed by atoms with van der Waals surface area (Å²) in [5, 5.41) is 25.3. The van der Waals surface area contributed by atoms with Crippen LogP contribution in [0.25, 0.3) is 0 Å². The lowest BCUT2D eigenvalue weighted by Gasteiger charge is -2.14. The third-order valence-electron chi connectivity index (χ3n) is 4.42. The molecule has 0 unspecified atom stereocenters. The van der Waals surface area contributed by atoms with Gasteiger partial charge in [-0.25, -0.2) is 0 Å². The second-order valence-corrected chi connectivity index (χ2v) is 9.08. The number of benzene rings is 2. The number of aryl methyl sites for hydroxylation is 1. The van der Waals surface area contributed by atoms with Gasteiger partial charge < -0.3 is 9.47 Å². The molecule has 9 nitrogen and oxygen atoms in total. The number of hydrogen-bond acceptors (Lipinski definition) is 8. The number of ether oxygens (including phenoxy) is 2. The Labute approximate surface area is 204 Å². The SMILES string of the molecule is CCc1nnc(SCc2ccc(Br)cc2)n1/N=C\c1cc(OC)c(OC(C)C)c([N+](=O)[O-])c1. The molecule has 0 amide bonds. The maximum atomic E-state index is 11.6. The van der Waals surface area contributed by atoms with Gasteiger partial charge in [-0.3, -0.25) is 10.1 Å². The average Bonchev–Trinajstić information content (AvgIpc) is 3.19. The van der Waals surface area contributed by atoms with Gasteiger partial charge in [0.25, 0.3) is 0 Å². The number of rotatable bonds is 10. The molecule has 1 aromatic heterocycles. The average molecular weight is 534 g/mol. The lowest BCUT2D eigenvalue weighted by molar-refractivity contribution is -0.386. The van der Waals surface area contributed by atoms with Crippen LogP contribution in [-0.2, 0) is 12.2 Å². The third-order valence-corrected chi connectivity index (χ3v) is 5.94. The number of thioether (sulfide) groups is 1. The van der Waals surface area contributed by atoms with Crippen molar-refractivity contribution in [1.29, 1.82) is 0 Å². The fraction of sp³-hybridized carbons (Fsp3) is 0.318. The predicted octanol–water partition coefficient (Wildman–Crippen LogP) is 5.48. The third kappa shape index (κ3) is 6.32. The Kier molecular flexibility index (Phi) is 8.45. The largest absolute Gasteiger partial charge is 0.493 e. The van der Waals surface area contributed by atoms with Crippen molar-refractivity contribution in [3.05, 3.63) is 67.9 Å². The summed E-state index contributed by atoms with van der Waals surface area (Å²) in [6.07, 6.45) is 1.92. The highest BCUT2D eigenvalue weighted by atomic mass is 79.9. The number of halogens is 1. The summed E-state index contributed by atoms with van der Waals surface area (Å²) in [6.45, 7) is 5.56. The van der Waals surface area contributed by atoms with Crippen molar-refractivity contribution in [3.63, 3.8) is 0 Å². The van der Waals surface area contributed by atoms with E-state index in [0.29, 0.717) is 28.7 Å². The van der Waals surface area contributed by atoms with Gasteiger partial charge >= 0.3 is 5.69 Å². The zero-order valence-corrected chi connectivity index (χ0v) is 21.1. The first-order valence-electron chi connectivity index (χ1n) is 10.2. The smallest absolute Gasteiger partial charge is 0.315 e. The summed E-state index contributed by atoms with van der Waals surface area (Å²) in [6, 6.07) is 11.1. The molecule has 1 heterocycles. The molecule has 0 aliphatic rings. The van der Waals surface area contributed by atoms with E-state index in [0.717, 1.165) is 10.0 Å². The first-order valence-corrected chi connectivity index (χ1v) is 12.0. The highest BCUT2D eigenvalue weighted by molar-refractivity contribution is 9.10. The van der Waals surface area contributed by atoms with Gasteiger partial charge in [-0.1, -0.05) is 46.7 Å². The Morgan fingerprint density at radius 3 is 2.61 bits per heavy atom. The van der Waals surface area contributed by atoms with Gasteiger partial charge in [0.1, 0.15) is 0 Å². The first kappa shape index (κ1) is 24.7. The van der Waals surface area contributed by atoms with Gasteiger partial charge in [0.15, 0.2) is 11.6 Å². The summed E-state index contributed by atoms with van der Waals surface area (Å²) in [4.78, 5) is 11.2. The van der Waals surface area contributed by atoms with Gasteiger partial charge in [-0.05, 0) is 37.6 Å². The van der Waals surface area contributed by atoms with Crippen LogP contribution in [0.4, 0.5) is 5.69 Å². The van der Waals surface area contributed by atoms with Crippen molar-refractivity contribution in [2.75, 3.05) is 7.11 Å². The fourth-order valence-corrected chi connectivity index (χ4v) is 4.03. The van der Waals surface area contributed by atoms with Gasteiger partial charge in [0, 0.05) is 28.3 Å². The maximum absolute atomic E-state index is 11.6. The fourth-order valence-electron chi connectivity index (χ4n) is 2.90. The standard InChI is InChI=1S/C22H24BrN5O4S/c1-5-20-25-26-22(33-13-15-6-8-17(23)9-7-15)27(20)24-12-16-10-18(28(29)30)21(32-14(2)3)19(11-16)31-4/h6-12,14H,5,13H2,1-4H3/b24-12-. The van der Waals surface area contributed by atoms with Crippen LogP contribution in [0.2, 0.25) is 0 Å². The van der Waals surface area contributed by atoms with E-state index in [1.165, 1.54) is 31.2 Å². The van der Waals surface area contributed by atoms with Crippen LogP contribution in [0.5, 0.6) is 11.5 Å². The van der Waals surface area contributed by atoms with Gasteiger partial charge in [0.2, 0.25) is 10.9 Å². The number of nitro groups is 1. The molecule has 174 valence electrons. The molecule has 3 rings (SSSR count). The van der Waals surface area contributed by atoms with E-state index in [2.05, 4.69) is 31.2 Å². The highest BCUT2D eigenvalue weighted by Gasteiger charge is 2.23. The first-order chi connectivity index (χ1) is 15.8. The van der Waals surface area contributed by atoms with E-state index in [1.54, 1.807) is 24.6 Å². The van der Waals surface area contributed by atoms with E-state index in [4.69, 9.17) is 9.47 Å². The summed E-state index contributed by atoms with van der Waals surface area (Å²) in [5.74, 6) is 1.75. The number of hydrogen-bond donors (Lipinski definition) is 0. The van der Waals surface area contributed by atoms with Crippen molar-refractivity contribution in [1.82, 2.24) is 14.9 Å². The molecule has 0 saturated carbocycles. The summed E-state index contributed by atoms with van der Waals surface area (Å²) in [5.41, 5.74) is 1.45. The molecule has 0 fully saturated rings. The minimum absolute atomic E-state index is 0.0962. The zero-order valence-electron chi connectivity index (χ0n) is 18.7. The van der Waals surface area contributed by atoms with Crippen LogP contribution >= 0.6 is 27.7 Å². The maximum Gasteiger partial charge on any atom is 0.315 e. The second kappa shape index (κ2) is 11.3. The van der Waals surface area contributed by atoms with Crippen molar-refractivity contribution in [2.24, 2.45) is 5.10 Å². The molecule has 0 spiro atoms. The highest BCUT2D eigenvalue weighted by Crippen LogP contribution is 2.38. The molecule has 3 aromatic rings. The molecule has 0 radical (unpaired) electrons. The van der Waals surface area contributed by atoms with Crippen LogP contribution in [0.15, 0.2) is 51.1 Å². The monoisotopic (exact) mass is 533 g/mol. The van der Waals surface area contributed by atoms with Gasteiger partial charge in [-0.2, -0.15) is 9.78 Å². The Bertz CT molecular complexity index is 1150. The predicted molar refractivity (Wildman–Crippen MR) is 132 cm³/mol. The molecule has 11 heteroatoms. The van der Waals surface area contributed by atoms with Gasteiger partial charge in [0.05, 0.1) is 24.4 Å². The van der Waals surface area contributed by atoms with Crippen molar-refractivity contribution < 1.29 is 14.4 Å². The lowest BCUT2D eigenvalue weighted by Crippen LogP contribution is -2.09. The summed E-state index contributed by atoms with van der Waals surface area (Å²) < 4.78 is 13.7. The topological polar surface area (TPSA) is 105 Å². The summed E-state index contributed by atoms with van der Waals surface area (Å²) >= 11 is 4.95. The quantitative estimate of drug-likeness (QED) is 0.147. The van der Waals surface area contributed by atoms with E-state index >= 15 is 0 Å². The molecular weight excluding hydrogens is 510 g/mol.